The third kappa shape index (κ3) is 4.23. The molecule has 1 aromatic heterocycles. The molecule has 0 saturated carbocycles. The van der Waals surface area contributed by atoms with Crippen molar-refractivity contribution in [1.29, 1.82) is 5.26 Å². The van der Waals surface area contributed by atoms with Crippen LogP contribution in [0.4, 0.5) is 4.39 Å². The summed E-state index contributed by atoms with van der Waals surface area (Å²) in [6.45, 7) is 2.30. The molecule has 0 spiro atoms. The van der Waals surface area contributed by atoms with Crippen molar-refractivity contribution in [3.05, 3.63) is 107 Å². The lowest BCUT2D eigenvalue weighted by atomic mass is 9.83. The van der Waals surface area contributed by atoms with Gasteiger partial charge in [-0.1, -0.05) is 54.6 Å². The van der Waals surface area contributed by atoms with E-state index in [1.807, 2.05) is 49.4 Å². The molecule has 180 valence electrons. The Hall–Kier alpha value is -4.77. The maximum atomic E-state index is 14.1. The molecule has 1 atom stereocenters. The van der Waals surface area contributed by atoms with Crippen LogP contribution in [0.1, 0.15) is 29.5 Å². The van der Waals surface area contributed by atoms with Crippen LogP contribution in [0.25, 0.3) is 11.3 Å². The number of nitriles is 1. The third-order valence-electron chi connectivity index (χ3n) is 5.94. The topological polar surface area (TPSA) is 106 Å². The molecule has 7 nitrogen and oxygen atoms in total. The van der Waals surface area contributed by atoms with Crippen molar-refractivity contribution in [3.8, 4) is 34.7 Å². The Morgan fingerprint density at radius 2 is 1.83 bits per heavy atom. The second kappa shape index (κ2) is 9.84. The minimum atomic E-state index is -0.549. The monoisotopic (exact) mass is 482 g/mol. The second-order valence-electron chi connectivity index (χ2n) is 8.13. The zero-order valence-corrected chi connectivity index (χ0v) is 19.5. The maximum Gasteiger partial charge on any atom is 0.244 e. The number of fused-ring (bicyclic) bond motifs is 1. The van der Waals surface area contributed by atoms with Crippen LogP contribution in [-0.4, -0.2) is 16.8 Å². The molecule has 0 saturated heterocycles. The van der Waals surface area contributed by atoms with Crippen molar-refractivity contribution in [2.75, 3.05) is 6.61 Å². The molecule has 5 rings (SSSR count). The number of nitrogens with zero attached hydrogens (tertiary/aromatic N) is 2. The number of allylic oxidation sites excluding steroid dienone is 1. The smallest absolute Gasteiger partial charge is 0.244 e. The summed E-state index contributed by atoms with van der Waals surface area (Å²) in [5, 5.41) is 17.3. The lowest BCUT2D eigenvalue weighted by Gasteiger charge is -2.25. The Morgan fingerprint density at radius 1 is 1.06 bits per heavy atom. The van der Waals surface area contributed by atoms with Gasteiger partial charge in [0.1, 0.15) is 24.1 Å². The van der Waals surface area contributed by atoms with Crippen molar-refractivity contribution in [1.82, 2.24) is 10.2 Å². The van der Waals surface area contributed by atoms with Crippen LogP contribution >= 0.6 is 0 Å². The van der Waals surface area contributed by atoms with Gasteiger partial charge in [0.05, 0.1) is 23.8 Å². The second-order valence-corrected chi connectivity index (χ2v) is 8.13. The highest BCUT2D eigenvalue weighted by Gasteiger charge is 2.36. The first kappa shape index (κ1) is 23.0. The van der Waals surface area contributed by atoms with Gasteiger partial charge in [-0.2, -0.15) is 5.26 Å². The first-order chi connectivity index (χ1) is 17.6. The van der Waals surface area contributed by atoms with E-state index in [2.05, 4.69) is 16.3 Å². The van der Waals surface area contributed by atoms with Crippen LogP contribution in [0.5, 0.6) is 17.4 Å². The number of aromatic nitrogens is 2. The fraction of sp³-hybridized carbons (Fsp3) is 0.143. The molecular formula is C28H23FN4O3. The van der Waals surface area contributed by atoms with Crippen molar-refractivity contribution in [3.63, 3.8) is 0 Å². The van der Waals surface area contributed by atoms with Gasteiger partial charge in [0, 0.05) is 5.56 Å². The highest BCUT2D eigenvalue weighted by atomic mass is 19.1. The number of hydrogen-bond donors (Lipinski definition) is 2. The SMILES string of the molecule is CCOc1cc(C2C(C#N)=C(N)Oc3n[nH]c(-c4ccccc4)c32)ccc1OCc1ccccc1F. The summed E-state index contributed by atoms with van der Waals surface area (Å²) < 4.78 is 31.5. The molecule has 3 N–H and O–H groups in total. The average Bonchev–Trinajstić information content (AvgIpc) is 3.32. The molecule has 1 aliphatic rings. The number of halogens is 1. The fourth-order valence-electron chi connectivity index (χ4n) is 4.27. The minimum Gasteiger partial charge on any atom is -0.490 e. The number of ether oxygens (including phenoxy) is 3. The summed E-state index contributed by atoms with van der Waals surface area (Å²) in [6, 6.07) is 23.7. The van der Waals surface area contributed by atoms with Crippen molar-refractivity contribution >= 4 is 0 Å². The van der Waals surface area contributed by atoms with Gasteiger partial charge in [0.25, 0.3) is 0 Å². The number of H-pyrrole nitrogens is 1. The van der Waals surface area contributed by atoms with Crippen LogP contribution in [-0.2, 0) is 6.61 Å². The molecular weight excluding hydrogens is 459 g/mol. The van der Waals surface area contributed by atoms with Crippen molar-refractivity contribution in [2.24, 2.45) is 5.73 Å². The number of nitrogens with one attached hydrogen (secondary N) is 1. The summed E-state index contributed by atoms with van der Waals surface area (Å²) in [5.74, 6) is 0.358. The van der Waals surface area contributed by atoms with Crippen LogP contribution < -0.4 is 19.9 Å². The summed E-state index contributed by atoms with van der Waals surface area (Å²) in [4.78, 5) is 0. The van der Waals surface area contributed by atoms with E-state index in [1.54, 1.807) is 24.3 Å². The summed E-state index contributed by atoms with van der Waals surface area (Å²) >= 11 is 0. The van der Waals surface area contributed by atoms with Gasteiger partial charge >= 0.3 is 0 Å². The van der Waals surface area contributed by atoms with Crippen molar-refractivity contribution < 1.29 is 18.6 Å². The highest BCUT2D eigenvalue weighted by Crippen LogP contribution is 2.47. The third-order valence-corrected chi connectivity index (χ3v) is 5.94. The van der Waals surface area contributed by atoms with Crippen LogP contribution in [0.2, 0.25) is 0 Å². The van der Waals surface area contributed by atoms with Gasteiger partial charge in [-0.05, 0) is 36.2 Å². The van der Waals surface area contributed by atoms with Gasteiger partial charge in [-0.15, -0.1) is 5.10 Å². The van der Waals surface area contributed by atoms with Crippen LogP contribution in [0, 0.1) is 17.1 Å². The highest BCUT2D eigenvalue weighted by molar-refractivity contribution is 5.71. The Balaban J connectivity index is 1.57. The molecule has 36 heavy (non-hydrogen) atoms. The molecule has 2 heterocycles. The van der Waals surface area contributed by atoms with E-state index < -0.39 is 5.92 Å². The first-order valence-electron chi connectivity index (χ1n) is 11.4. The van der Waals surface area contributed by atoms with Gasteiger partial charge in [0.2, 0.25) is 11.8 Å². The van der Waals surface area contributed by atoms with E-state index in [0.717, 1.165) is 16.8 Å². The van der Waals surface area contributed by atoms with E-state index >= 15 is 0 Å². The molecule has 0 fully saturated rings. The Labute approximate surface area is 207 Å². The predicted octanol–water partition coefficient (Wildman–Crippen LogP) is 5.41. The fourth-order valence-corrected chi connectivity index (χ4v) is 4.27. The molecule has 0 amide bonds. The predicted molar refractivity (Wildman–Crippen MR) is 132 cm³/mol. The summed E-state index contributed by atoms with van der Waals surface area (Å²) in [7, 11) is 0. The molecule has 3 aromatic carbocycles. The molecule has 1 unspecified atom stereocenters. The number of benzene rings is 3. The summed E-state index contributed by atoms with van der Waals surface area (Å²) in [5.41, 5.74) is 9.90. The number of aromatic amines is 1. The first-order valence-corrected chi connectivity index (χ1v) is 11.4. The van der Waals surface area contributed by atoms with Gasteiger partial charge in [-0.25, -0.2) is 4.39 Å². The molecule has 1 aliphatic heterocycles. The molecule has 0 radical (unpaired) electrons. The van der Waals surface area contributed by atoms with E-state index in [0.29, 0.717) is 35.1 Å². The maximum absolute atomic E-state index is 14.1. The zero-order chi connectivity index (χ0) is 25.1. The van der Waals surface area contributed by atoms with Crippen LogP contribution in [0.15, 0.2) is 84.3 Å². The van der Waals surface area contributed by atoms with E-state index in [1.165, 1.54) is 6.07 Å². The zero-order valence-electron chi connectivity index (χ0n) is 19.5. The number of nitrogens with two attached hydrogens (primary N) is 1. The van der Waals surface area contributed by atoms with Gasteiger partial charge < -0.3 is 19.9 Å². The van der Waals surface area contributed by atoms with Gasteiger partial charge in [-0.3, -0.25) is 5.10 Å². The normalized spacial score (nSPS) is 14.5. The van der Waals surface area contributed by atoms with Crippen LogP contribution in [0.3, 0.4) is 0 Å². The number of hydrogen-bond acceptors (Lipinski definition) is 6. The molecule has 0 aliphatic carbocycles. The lowest BCUT2D eigenvalue weighted by molar-refractivity contribution is 0.265. The Morgan fingerprint density at radius 3 is 2.58 bits per heavy atom. The lowest BCUT2D eigenvalue weighted by Crippen LogP contribution is -2.21. The quantitative estimate of drug-likeness (QED) is 0.365. The number of rotatable bonds is 7. The van der Waals surface area contributed by atoms with E-state index in [4.69, 9.17) is 19.9 Å². The van der Waals surface area contributed by atoms with Gasteiger partial charge in [0.15, 0.2) is 11.5 Å². The van der Waals surface area contributed by atoms with Crippen molar-refractivity contribution in [2.45, 2.75) is 19.4 Å². The largest absolute Gasteiger partial charge is 0.490 e. The minimum absolute atomic E-state index is 0.000971. The molecule has 4 aromatic rings. The molecule has 0 bridgehead atoms. The standard InChI is InChI=1S/C28H23FN4O3/c1-2-34-23-14-18(12-13-22(23)35-16-19-10-6-7-11-21(19)29)24-20(15-30)27(31)36-28-25(24)26(32-33-28)17-8-4-3-5-9-17/h3-14,24H,2,16,31H2,1H3,(H,32,33). The molecule has 8 heteroatoms. The van der Waals surface area contributed by atoms with E-state index in [-0.39, 0.29) is 23.9 Å². The summed E-state index contributed by atoms with van der Waals surface area (Å²) in [6.07, 6.45) is 0. The Kier molecular flexibility index (Phi) is 6.29. The van der Waals surface area contributed by atoms with E-state index in [9.17, 15) is 9.65 Å². The average molecular weight is 483 g/mol. The Bertz CT molecular complexity index is 1470.